The molecular weight excluding hydrogens is 294 g/mol. The van der Waals surface area contributed by atoms with E-state index in [0.29, 0.717) is 5.56 Å². The van der Waals surface area contributed by atoms with Crippen molar-refractivity contribution in [2.45, 2.75) is 12.2 Å². The Bertz CT molecular complexity index is 520. The first-order valence-electron chi connectivity index (χ1n) is 6.16. The molecule has 1 aromatic carbocycles. The summed E-state index contributed by atoms with van der Waals surface area (Å²) in [5.41, 5.74) is 5.34. The Morgan fingerprint density at radius 3 is 2.70 bits per heavy atom. The summed E-state index contributed by atoms with van der Waals surface area (Å²) in [5.74, 6) is 0.403. The van der Waals surface area contributed by atoms with Crippen molar-refractivity contribution in [1.82, 2.24) is 10.9 Å². The van der Waals surface area contributed by atoms with Crippen LogP contribution in [-0.4, -0.2) is 33.7 Å². The molecule has 106 valence electrons. The van der Waals surface area contributed by atoms with Gasteiger partial charge in [0.25, 0.3) is 11.8 Å². The Morgan fingerprint density at radius 1 is 1.30 bits per heavy atom. The van der Waals surface area contributed by atoms with E-state index in [0.717, 1.165) is 16.7 Å². The molecule has 0 saturated carbocycles. The first-order valence-corrected chi connectivity index (χ1v) is 8.02. The van der Waals surface area contributed by atoms with Crippen molar-refractivity contribution < 1.29 is 9.59 Å². The number of thioether (sulfide) groups is 2. The second-order valence-corrected chi connectivity index (χ2v) is 6.74. The van der Waals surface area contributed by atoms with Crippen molar-refractivity contribution in [1.29, 1.82) is 0 Å². The molecular formula is C13H15N3O2S2. The van der Waals surface area contributed by atoms with E-state index in [1.54, 1.807) is 43.0 Å². The Kier molecular flexibility index (Phi) is 5.49. The van der Waals surface area contributed by atoms with Gasteiger partial charge in [0.05, 0.1) is 11.8 Å². The SMILES string of the molecule is C[C@@H](SC1=NCCS1)C(=O)NNC(=O)c1ccccc1. The quantitative estimate of drug-likeness (QED) is 0.833. The summed E-state index contributed by atoms with van der Waals surface area (Å²) >= 11 is 3.07. The minimum Gasteiger partial charge on any atom is -0.272 e. The lowest BCUT2D eigenvalue weighted by Crippen LogP contribution is -2.45. The van der Waals surface area contributed by atoms with E-state index in [4.69, 9.17) is 0 Å². The minimum atomic E-state index is -0.330. The smallest absolute Gasteiger partial charge is 0.269 e. The van der Waals surface area contributed by atoms with Crippen LogP contribution in [0.1, 0.15) is 17.3 Å². The van der Waals surface area contributed by atoms with Crippen LogP contribution < -0.4 is 10.9 Å². The number of nitrogens with zero attached hydrogens (tertiary/aromatic N) is 1. The zero-order valence-corrected chi connectivity index (χ0v) is 12.6. The predicted molar refractivity (Wildman–Crippen MR) is 83.9 cm³/mol. The summed E-state index contributed by atoms with van der Waals surface area (Å²) in [6, 6.07) is 8.73. The zero-order chi connectivity index (χ0) is 14.4. The van der Waals surface area contributed by atoms with Crippen LogP contribution in [0, 0.1) is 0 Å². The maximum Gasteiger partial charge on any atom is 0.269 e. The average molecular weight is 309 g/mol. The van der Waals surface area contributed by atoms with E-state index < -0.39 is 0 Å². The number of amides is 2. The Labute approximate surface area is 126 Å². The highest BCUT2D eigenvalue weighted by Gasteiger charge is 2.19. The van der Waals surface area contributed by atoms with Gasteiger partial charge in [0.1, 0.15) is 4.38 Å². The number of carbonyl (C=O) groups excluding carboxylic acids is 2. The van der Waals surface area contributed by atoms with Crippen LogP contribution in [0.2, 0.25) is 0 Å². The molecule has 0 aliphatic carbocycles. The van der Waals surface area contributed by atoms with Crippen molar-refractivity contribution in [3.8, 4) is 0 Å². The number of hydrogen-bond acceptors (Lipinski definition) is 5. The summed E-state index contributed by atoms with van der Waals surface area (Å²) in [5, 5.41) is -0.296. The molecule has 0 bridgehead atoms. The van der Waals surface area contributed by atoms with Gasteiger partial charge in [-0.05, 0) is 19.1 Å². The Hall–Kier alpha value is -1.47. The van der Waals surface area contributed by atoms with Crippen molar-refractivity contribution in [2.24, 2.45) is 4.99 Å². The van der Waals surface area contributed by atoms with Crippen LogP contribution in [0.15, 0.2) is 35.3 Å². The van der Waals surface area contributed by atoms with Crippen molar-refractivity contribution in [3.05, 3.63) is 35.9 Å². The predicted octanol–water partition coefficient (Wildman–Crippen LogP) is 1.67. The highest BCUT2D eigenvalue weighted by molar-refractivity contribution is 8.39. The molecule has 7 heteroatoms. The van der Waals surface area contributed by atoms with Gasteiger partial charge in [0, 0.05) is 11.3 Å². The average Bonchev–Trinajstić information content (AvgIpc) is 2.98. The molecule has 2 rings (SSSR count). The molecule has 0 unspecified atom stereocenters. The maximum atomic E-state index is 11.9. The highest BCUT2D eigenvalue weighted by Crippen LogP contribution is 2.25. The van der Waals surface area contributed by atoms with Gasteiger partial charge in [0.15, 0.2) is 0 Å². The molecule has 0 spiro atoms. The Balaban J connectivity index is 1.78. The van der Waals surface area contributed by atoms with Crippen molar-refractivity contribution >= 4 is 39.7 Å². The lowest BCUT2D eigenvalue weighted by atomic mass is 10.2. The normalized spacial score (nSPS) is 15.3. The van der Waals surface area contributed by atoms with Crippen LogP contribution >= 0.6 is 23.5 Å². The van der Waals surface area contributed by atoms with Crippen LogP contribution in [0.25, 0.3) is 0 Å². The summed E-state index contributed by atoms with van der Waals surface area (Å²) in [4.78, 5) is 27.9. The van der Waals surface area contributed by atoms with E-state index in [9.17, 15) is 9.59 Å². The lowest BCUT2D eigenvalue weighted by Gasteiger charge is -2.12. The molecule has 5 nitrogen and oxygen atoms in total. The number of carbonyl (C=O) groups is 2. The zero-order valence-electron chi connectivity index (χ0n) is 11.0. The monoisotopic (exact) mass is 309 g/mol. The van der Waals surface area contributed by atoms with Gasteiger partial charge >= 0.3 is 0 Å². The Morgan fingerprint density at radius 2 is 2.05 bits per heavy atom. The van der Waals surface area contributed by atoms with Gasteiger partial charge in [-0.25, -0.2) is 0 Å². The van der Waals surface area contributed by atoms with Crippen molar-refractivity contribution in [3.63, 3.8) is 0 Å². The van der Waals surface area contributed by atoms with Gasteiger partial charge in [-0.15, -0.1) is 0 Å². The minimum absolute atomic E-state index is 0.241. The molecule has 1 heterocycles. The number of hydrogen-bond donors (Lipinski definition) is 2. The maximum absolute atomic E-state index is 11.9. The van der Waals surface area contributed by atoms with E-state index in [1.165, 1.54) is 11.8 Å². The van der Waals surface area contributed by atoms with Crippen LogP contribution in [0.3, 0.4) is 0 Å². The lowest BCUT2D eigenvalue weighted by molar-refractivity contribution is -0.121. The van der Waals surface area contributed by atoms with E-state index in [2.05, 4.69) is 15.8 Å². The fourth-order valence-electron chi connectivity index (χ4n) is 1.47. The third-order valence-corrected chi connectivity index (χ3v) is 4.84. The highest BCUT2D eigenvalue weighted by atomic mass is 32.2. The standard InChI is InChI=1S/C13H15N3O2S2/c1-9(20-13-14-7-8-19-13)11(17)15-16-12(18)10-5-3-2-4-6-10/h2-6,9H,7-8H2,1H3,(H,15,17)(H,16,18)/t9-/m1/s1. The first kappa shape index (κ1) is 14.9. The fourth-order valence-corrected chi connectivity index (χ4v) is 3.60. The number of nitrogens with one attached hydrogen (secondary N) is 2. The van der Waals surface area contributed by atoms with Gasteiger partial charge in [0.2, 0.25) is 0 Å². The largest absolute Gasteiger partial charge is 0.272 e. The molecule has 0 radical (unpaired) electrons. The fraction of sp³-hybridized carbons (Fsp3) is 0.308. The molecule has 0 aromatic heterocycles. The molecule has 0 fully saturated rings. The molecule has 1 aromatic rings. The number of hydrazine groups is 1. The third kappa shape index (κ3) is 4.28. The molecule has 0 saturated heterocycles. The van der Waals surface area contributed by atoms with Crippen LogP contribution in [-0.2, 0) is 4.79 Å². The molecule has 2 amide bonds. The van der Waals surface area contributed by atoms with E-state index >= 15 is 0 Å². The van der Waals surface area contributed by atoms with Crippen molar-refractivity contribution in [2.75, 3.05) is 12.3 Å². The van der Waals surface area contributed by atoms with Crippen LogP contribution in [0.5, 0.6) is 0 Å². The third-order valence-electron chi connectivity index (χ3n) is 2.54. The summed E-state index contributed by atoms with van der Waals surface area (Å²) in [7, 11) is 0. The molecule has 20 heavy (non-hydrogen) atoms. The molecule has 1 aliphatic rings. The number of rotatable bonds is 3. The van der Waals surface area contributed by atoms with Crippen LogP contribution in [0.4, 0.5) is 0 Å². The summed E-state index contributed by atoms with van der Waals surface area (Å²) in [6.07, 6.45) is 0. The molecule has 2 N–H and O–H groups in total. The second kappa shape index (κ2) is 7.35. The topological polar surface area (TPSA) is 70.6 Å². The van der Waals surface area contributed by atoms with Gasteiger partial charge in [-0.3, -0.25) is 25.4 Å². The second-order valence-electron chi connectivity index (χ2n) is 4.07. The summed E-state index contributed by atoms with van der Waals surface area (Å²) in [6.45, 7) is 2.60. The van der Waals surface area contributed by atoms with Gasteiger partial charge < -0.3 is 0 Å². The van der Waals surface area contributed by atoms with E-state index in [-0.39, 0.29) is 17.1 Å². The molecule has 1 aliphatic heterocycles. The van der Waals surface area contributed by atoms with Gasteiger partial charge in [-0.2, -0.15) is 0 Å². The van der Waals surface area contributed by atoms with Gasteiger partial charge in [-0.1, -0.05) is 41.7 Å². The first-order chi connectivity index (χ1) is 9.66. The van der Waals surface area contributed by atoms with E-state index in [1.807, 2.05) is 6.07 Å². The number of aliphatic imine (C=N–C) groups is 1. The summed E-state index contributed by atoms with van der Waals surface area (Å²) < 4.78 is 0.932. The number of benzene rings is 1. The molecule has 1 atom stereocenters.